The summed E-state index contributed by atoms with van der Waals surface area (Å²) in [6, 6.07) is 5.09. The summed E-state index contributed by atoms with van der Waals surface area (Å²) in [5, 5.41) is 5.18. The van der Waals surface area contributed by atoms with Crippen molar-refractivity contribution in [2.45, 2.75) is 13.8 Å². The molecular formula is C13H12Cl2N2O2. The van der Waals surface area contributed by atoms with Crippen LogP contribution in [-0.2, 0) is 4.74 Å². The maximum Gasteiger partial charge on any atom is 0.341 e. The summed E-state index contributed by atoms with van der Waals surface area (Å²) in [5.74, 6) is -0.392. The molecule has 0 saturated carbocycles. The summed E-state index contributed by atoms with van der Waals surface area (Å²) >= 11 is 12.0. The van der Waals surface area contributed by atoms with Crippen molar-refractivity contribution in [1.29, 1.82) is 0 Å². The van der Waals surface area contributed by atoms with E-state index in [4.69, 9.17) is 27.9 Å². The molecule has 0 amide bonds. The molecule has 100 valence electrons. The first-order valence-electron chi connectivity index (χ1n) is 5.71. The van der Waals surface area contributed by atoms with Gasteiger partial charge in [-0.25, -0.2) is 9.48 Å². The van der Waals surface area contributed by atoms with Crippen molar-refractivity contribution in [3.63, 3.8) is 0 Å². The number of carbonyl (C=O) groups is 1. The molecule has 0 fully saturated rings. The monoisotopic (exact) mass is 298 g/mol. The summed E-state index contributed by atoms with van der Waals surface area (Å²) < 4.78 is 6.55. The maximum atomic E-state index is 11.7. The summed E-state index contributed by atoms with van der Waals surface area (Å²) in [7, 11) is 0. The van der Waals surface area contributed by atoms with Gasteiger partial charge in [-0.05, 0) is 32.0 Å². The molecule has 6 heteroatoms. The lowest BCUT2D eigenvalue weighted by atomic mass is 10.2. The summed E-state index contributed by atoms with van der Waals surface area (Å²) in [4.78, 5) is 11.7. The Morgan fingerprint density at radius 3 is 2.79 bits per heavy atom. The second-order valence-electron chi connectivity index (χ2n) is 3.87. The second-order valence-corrected chi connectivity index (χ2v) is 4.72. The smallest absolute Gasteiger partial charge is 0.341 e. The van der Waals surface area contributed by atoms with Gasteiger partial charge in [-0.3, -0.25) is 0 Å². The van der Waals surface area contributed by atoms with Crippen LogP contribution in [0.3, 0.4) is 0 Å². The lowest BCUT2D eigenvalue weighted by Crippen LogP contribution is -2.07. The molecule has 1 heterocycles. The molecule has 1 aromatic carbocycles. The van der Waals surface area contributed by atoms with Crippen molar-refractivity contribution >= 4 is 29.2 Å². The van der Waals surface area contributed by atoms with Gasteiger partial charge in [-0.1, -0.05) is 23.2 Å². The highest BCUT2D eigenvalue weighted by molar-refractivity contribution is 6.35. The number of benzene rings is 1. The van der Waals surface area contributed by atoms with Crippen molar-refractivity contribution in [2.75, 3.05) is 6.61 Å². The molecule has 0 N–H and O–H groups in total. The number of esters is 1. The van der Waals surface area contributed by atoms with Crippen molar-refractivity contribution in [3.05, 3.63) is 45.7 Å². The van der Waals surface area contributed by atoms with E-state index in [1.807, 2.05) is 0 Å². The summed E-state index contributed by atoms with van der Waals surface area (Å²) in [6.45, 7) is 3.86. The third kappa shape index (κ3) is 2.74. The number of hydrogen-bond donors (Lipinski definition) is 0. The molecule has 0 aliphatic heterocycles. The third-order valence-electron chi connectivity index (χ3n) is 2.64. The van der Waals surface area contributed by atoms with Gasteiger partial charge in [-0.2, -0.15) is 5.10 Å². The molecule has 2 rings (SSSR count). The van der Waals surface area contributed by atoms with E-state index < -0.39 is 5.97 Å². The van der Waals surface area contributed by atoms with Crippen LogP contribution in [0.1, 0.15) is 23.0 Å². The Morgan fingerprint density at radius 2 is 2.16 bits per heavy atom. The first-order chi connectivity index (χ1) is 9.04. The molecule has 0 unspecified atom stereocenters. The van der Waals surface area contributed by atoms with E-state index in [0.717, 1.165) is 0 Å². The molecular weight excluding hydrogens is 287 g/mol. The van der Waals surface area contributed by atoms with Crippen LogP contribution in [-0.4, -0.2) is 22.4 Å². The van der Waals surface area contributed by atoms with Gasteiger partial charge in [-0.15, -0.1) is 0 Å². The molecule has 0 spiro atoms. The number of aromatic nitrogens is 2. The highest BCUT2D eigenvalue weighted by Crippen LogP contribution is 2.25. The second kappa shape index (κ2) is 5.63. The fourth-order valence-electron chi connectivity index (χ4n) is 1.71. The number of hydrogen-bond acceptors (Lipinski definition) is 3. The number of halogens is 2. The molecule has 19 heavy (non-hydrogen) atoms. The molecule has 0 aliphatic rings. The van der Waals surface area contributed by atoms with Crippen molar-refractivity contribution in [1.82, 2.24) is 9.78 Å². The number of nitrogens with zero attached hydrogens (tertiary/aromatic N) is 2. The third-order valence-corrected chi connectivity index (χ3v) is 3.18. The average Bonchev–Trinajstić information content (AvgIpc) is 2.72. The van der Waals surface area contributed by atoms with E-state index >= 15 is 0 Å². The standard InChI is InChI=1S/C13H12Cl2N2O2/c1-3-19-13(18)10-7-16-17(8(10)2)12-5-4-9(14)6-11(12)15/h4-7H,3H2,1-2H3. The minimum absolute atomic E-state index is 0.325. The van der Waals surface area contributed by atoms with Crippen LogP contribution in [0.5, 0.6) is 0 Å². The van der Waals surface area contributed by atoms with Crippen molar-refractivity contribution in [2.24, 2.45) is 0 Å². The Kier molecular flexibility index (Phi) is 4.12. The molecule has 0 radical (unpaired) electrons. The van der Waals surface area contributed by atoms with E-state index in [1.165, 1.54) is 6.20 Å². The Morgan fingerprint density at radius 1 is 1.42 bits per heavy atom. The van der Waals surface area contributed by atoms with Crippen LogP contribution in [0, 0.1) is 6.92 Å². The fraction of sp³-hybridized carbons (Fsp3) is 0.231. The van der Waals surface area contributed by atoms with E-state index in [-0.39, 0.29) is 0 Å². The predicted octanol–water partition coefficient (Wildman–Crippen LogP) is 3.66. The highest BCUT2D eigenvalue weighted by atomic mass is 35.5. The van der Waals surface area contributed by atoms with Crippen molar-refractivity contribution in [3.8, 4) is 5.69 Å². The van der Waals surface area contributed by atoms with Crippen LogP contribution >= 0.6 is 23.2 Å². The Labute approximate surface area is 120 Å². The molecule has 0 atom stereocenters. The zero-order valence-electron chi connectivity index (χ0n) is 10.5. The number of ether oxygens (including phenoxy) is 1. The lowest BCUT2D eigenvalue weighted by Gasteiger charge is -2.07. The van der Waals surface area contributed by atoms with Crippen LogP contribution in [0.4, 0.5) is 0 Å². The van der Waals surface area contributed by atoms with E-state index in [2.05, 4.69) is 5.10 Å². The number of rotatable bonds is 3. The van der Waals surface area contributed by atoms with Gasteiger partial charge in [0.25, 0.3) is 0 Å². The van der Waals surface area contributed by atoms with E-state index in [1.54, 1.807) is 36.7 Å². The maximum absolute atomic E-state index is 11.7. The predicted molar refractivity (Wildman–Crippen MR) is 74.3 cm³/mol. The zero-order valence-corrected chi connectivity index (χ0v) is 12.0. The van der Waals surface area contributed by atoms with Gasteiger partial charge in [0.2, 0.25) is 0 Å². The lowest BCUT2D eigenvalue weighted by molar-refractivity contribution is 0.0525. The van der Waals surface area contributed by atoms with Gasteiger partial charge in [0.1, 0.15) is 5.56 Å². The quantitative estimate of drug-likeness (QED) is 0.812. The molecule has 0 aliphatic carbocycles. The van der Waals surface area contributed by atoms with Crippen LogP contribution < -0.4 is 0 Å². The Hall–Kier alpha value is -1.52. The summed E-state index contributed by atoms with van der Waals surface area (Å²) in [6.07, 6.45) is 1.47. The number of carbonyl (C=O) groups excluding carboxylic acids is 1. The highest BCUT2D eigenvalue weighted by Gasteiger charge is 2.17. The Balaban J connectivity index is 2.44. The van der Waals surface area contributed by atoms with Gasteiger partial charge in [0, 0.05) is 5.02 Å². The minimum Gasteiger partial charge on any atom is -0.462 e. The minimum atomic E-state index is -0.392. The van der Waals surface area contributed by atoms with Gasteiger partial charge in [0.05, 0.1) is 29.2 Å². The largest absolute Gasteiger partial charge is 0.462 e. The molecule has 0 saturated heterocycles. The van der Waals surface area contributed by atoms with Crippen LogP contribution in [0.25, 0.3) is 5.69 Å². The molecule has 4 nitrogen and oxygen atoms in total. The van der Waals surface area contributed by atoms with E-state index in [0.29, 0.717) is 33.6 Å². The van der Waals surface area contributed by atoms with Gasteiger partial charge < -0.3 is 4.74 Å². The first-order valence-corrected chi connectivity index (χ1v) is 6.47. The zero-order chi connectivity index (χ0) is 14.0. The van der Waals surface area contributed by atoms with E-state index in [9.17, 15) is 4.79 Å². The fourth-order valence-corrected chi connectivity index (χ4v) is 2.20. The van der Waals surface area contributed by atoms with Crippen molar-refractivity contribution < 1.29 is 9.53 Å². The molecule has 0 bridgehead atoms. The molecule has 2 aromatic rings. The summed E-state index contributed by atoms with van der Waals surface area (Å²) in [5.41, 5.74) is 1.76. The first kappa shape index (κ1) is 13.9. The topological polar surface area (TPSA) is 44.1 Å². The molecule has 1 aromatic heterocycles. The normalized spacial score (nSPS) is 10.5. The SMILES string of the molecule is CCOC(=O)c1cnn(-c2ccc(Cl)cc2Cl)c1C. The van der Waals surface area contributed by atoms with Crippen LogP contribution in [0.15, 0.2) is 24.4 Å². The van der Waals surface area contributed by atoms with Crippen LogP contribution in [0.2, 0.25) is 10.0 Å². The van der Waals surface area contributed by atoms with Gasteiger partial charge >= 0.3 is 5.97 Å². The Bertz CT molecular complexity index is 623. The van der Waals surface area contributed by atoms with Gasteiger partial charge in [0.15, 0.2) is 0 Å². The average molecular weight is 299 g/mol.